The maximum Gasteiger partial charge on any atom is 0.0593 e. The third kappa shape index (κ3) is 12.2. The molecule has 0 saturated heterocycles. The average Bonchev–Trinajstić information content (AvgIpc) is 2.89. The number of rotatable bonds is 2. The topological polar surface area (TPSA) is 31.9 Å². The maximum atomic E-state index is 3.89. The highest BCUT2D eigenvalue weighted by atomic mass is 15.1. The molecule has 0 aliphatic rings. The number of nitrogens with zero attached hydrogens (tertiary/aromatic N) is 2. The summed E-state index contributed by atoms with van der Waals surface area (Å²) in [5.74, 6) is 0. The van der Waals surface area contributed by atoms with Crippen molar-refractivity contribution < 1.29 is 0 Å². The third-order valence-electron chi connectivity index (χ3n) is 2.45. The molecule has 0 atom stereocenters. The molecule has 0 aliphatic heterocycles. The summed E-state index contributed by atoms with van der Waals surface area (Å²) in [5.41, 5.74) is 4.88. The van der Waals surface area contributed by atoms with Crippen LogP contribution >= 0.6 is 0 Å². The van der Waals surface area contributed by atoms with Crippen LogP contribution in [0.1, 0.15) is 50.2 Å². The van der Waals surface area contributed by atoms with Crippen molar-refractivity contribution in [3.05, 3.63) is 52.8 Å². The van der Waals surface area contributed by atoms with Crippen molar-refractivity contribution >= 4 is 0 Å². The molecular formula is C19H35N3. The summed E-state index contributed by atoms with van der Waals surface area (Å²) in [6.45, 7) is 15.1. The van der Waals surface area contributed by atoms with Crippen LogP contribution in [0.3, 0.4) is 0 Å². The molecular weight excluding hydrogens is 270 g/mol. The highest BCUT2D eigenvalue weighted by Crippen LogP contribution is 2.04. The van der Waals surface area contributed by atoms with Gasteiger partial charge in [0.1, 0.15) is 0 Å². The van der Waals surface area contributed by atoms with Gasteiger partial charge in [0.15, 0.2) is 0 Å². The molecule has 22 heavy (non-hydrogen) atoms. The molecule has 3 heteroatoms. The molecule has 0 radical (unpaired) electrons. The summed E-state index contributed by atoms with van der Waals surface area (Å²) in [4.78, 5) is 2.17. The van der Waals surface area contributed by atoms with Crippen LogP contribution in [0.15, 0.2) is 30.3 Å². The van der Waals surface area contributed by atoms with E-state index in [0.29, 0.717) is 0 Å². The fourth-order valence-electron chi connectivity index (χ4n) is 1.61. The molecule has 0 unspecified atom stereocenters. The zero-order chi connectivity index (χ0) is 17.5. The van der Waals surface area contributed by atoms with Crippen molar-refractivity contribution in [2.45, 2.75) is 55.0 Å². The van der Waals surface area contributed by atoms with Crippen LogP contribution in [0.25, 0.3) is 0 Å². The van der Waals surface area contributed by atoms with Gasteiger partial charge in [-0.3, -0.25) is 5.10 Å². The third-order valence-corrected chi connectivity index (χ3v) is 2.45. The van der Waals surface area contributed by atoms with E-state index in [-0.39, 0.29) is 0 Å². The number of hydrogen-bond acceptors (Lipinski definition) is 2. The molecule has 0 spiro atoms. The molecule has 126 valence electrons. The molecule has 1 aromatic heterocycles. The van der Waals surface area contributed by atoms with Crippen molar-refractivity contribution in [3.8, 4) is 0 Å². The van der Waals surface area contributed by atoms with Gasteiger partial charge in [-0.1, -0.05) is 57.5 Å². The largest absolute Gasteiger partial charge is 0.305 e. The van der Waals surface area contributed by atoms with Gasteiger partial charge in [0, 0.05) is 12.2 Å². The zero-order valence-corrected chi connectivity index (χ0v) is 16.0. The van der Waals surface area contributed by atoms with Crippen LogP contribution in [-0.2, 0) is 6.54 Å². The Kier molecular flexibility index (Phi) is 14.8. The van der Waals surface area contributed by atoms with E-state index in [9.17, 15) is 0 Å². The predicted molar refractivity (Wildman–Crippen MR) is 99.3 cm³/mol. The quantitative estimate of drug-likeness (QED) is 0.833. The smallest absolute Gasteiger partial charge is 0.0593 e. The summed E-state index contributed by atoms with van der Waals surface area (Å²) in [7, 11) is 4.17. The number of H-pyrrole nitrogens is 1. The summed E-state index contributed by atoms with van der Waals surface area (Å²) < 4.78 is 0. The molecule has 2 aromatic rings. The van der Waals surface area contributed by atoms with E-state index < -0.39 is 0 Å². The lowest BCUT2D eigenvalue weighted by molar-refractivity contribution is 0.402. The predicted octanol–water partition coefficient (Wildman–Crippen LogP) is 5.14. The maximum absolute atomic E-state index is 3.89. The first kappa shape index (κ1) is 22.7. The summed E-state index contributed by atoms with van der Waals surface area (Å²) in [6, 6.07) is 10.7. The van der Waals surface area contributed by atoms with E-state index in [1.807, 2.05) is 47.6 Å². The first-order valence-corrected chi connectivity index (χ1v) is 8.16. The lowest BCUT2D eigenvalue weighted by atomic mass is 10.1. The molecule has 0 aliphatic carbocycles. The lowest BCUT2D eigenvalue weighted by Gasteiger charge is -2.08. The second-order valence-electron chi connectivity index (χ2n) is 4.92. The van der Waals surface area contributed by atoms with Crippen molar-refractivity contribution in [2.75, 3.05) is 14.1 Å². The van der Waals surface area contributed by atoms with Crippen LogP contribution in [0.4, 0.5) is 0 Å². The number of nitrogens with one attached hydrogen (secondary N) is 1. The minimum absolute atomic E-state index is 1.03. The first-order chi connectivity index (χ1) is 10.5. The number of aromatic nitrogens is 2. The summed E-state index contributed by atoms with van der Waals surface area (Å²) in [5, 5.41) is 6.71. The van der Waals surface area contributed by atoms with Crippen molar-refractivity contribution in [1.82, 2.24) is 15.1 Å². The van der Waals surface area contributed by atoms with Crippen molar-refractivity contribution in [2.24, 2.45) is 0 Å². The van der Waals surface area contributed by atoms with Crippen LogP contribution in [0.5, 0.6) is 0 Å². The molecule has 3 nitrogen and oxygen atoms in total. The average molecular weight is 306 g/mol. The Morgan fingerprint density at radius 2 is 1.41 bits per heavy atom. The Morgan fingerprint density at radius 1 is 0.909 bits per heavy atom. The molecule has 0 bridgehead atoms. The molecule has 0 fully saturated rings. The van der Waals surface area contributed by atoms with Gasteiger partial charge in [-0.05, 0) is 46.5 Å². The number of hydrogen-bond donors (Lipinski definition) is 1. The van der Waals surface area contributed by atoms with Gasteiger partial charge in [-0.2, -0.15) is 5.10 Å². The fourth-order valence-corrected chi connectivity index (χ4v) is 1.61. The number of aromatic amines is 1. The van der Waals surface area contributed by atoms with Gasteiger partial charge in [-0.25, -0.2) is 0 Å². The van der Waals surface area contributed by atoms with Gasteiger partial charge in [0.2, 0.25) is 0 Å². The normalized spacial score (nSPS) is 8.82. The fraction of sp³-hybridized carbons (Fsp3) is 0.526. The molecule has 0 saturated carbocycles. The Labute approximate surface area is 137 Å². The second kappa shape index (κ2) is 14.3. The monoisotopic (exact) mass is 305 g/mol. The number of aryl methyl sites for hydroxylation is 3. The van der Waals surface area contributed by atoms with E-state index in [1.54, 1.807) is 0 Å². The SMILES string of the molecule is CC.CC.Cc1cc(C)[nH]n1.Cc1ccc(CN(C)C)cc1. The van der Waals surface area contributed by atoms with Gasteiger partial charge >= 0.3 is 0 Å². The minimum atomic E-state index is 1.03. The number of benzene rings is 1. The van der Waals surface area contributed by atoms with Crippen LogP contribution in [-0.4, -0.2) is 29.2 Å². The van der Waals surface area contributed by atoms with Crippen LogP contribution < -0.4 is 0 Å². The van der Waals surface area contributed by atoms with E-state index in [2.05, 4.69) is 60.4 Å². The van der Waals surface area contributed by atoms with E-state index in [4.69, 9.17) is 0 Å². The van der Waals surface area contributed by atoms with Crippen LogP contribution in [0.2, 0.25) is 0 Å². The lowest BCUT2D eigenvalue weighted by Crippen LogP contribution is -2.10. The van der Waals surface area contributed by atoms with Gasteiger partial charge < -0.3 is 4.90 Å². The Hall–Kier alpha value is -1.61. The Balaban J connectivity index is 0. The minimum Gasteiger partial charge on any atom is -0.305 e. The van der Waals surface area contributed by atoms with E-state index in [1.165, 1.54) is 11.1 Å². The zero-order valence-electron chi connectivity index (χ0n) is 16.0. The highest BCUT2D eigenvalue weighted by Gasteiger charge is 1.92. The Bertz CT molecular complexity index is 439. The van der Waals surface area contributed by atoms with Gasteiger partial charge in [0.05, 0.1) is 5.69 Å². The van der Waals surface area contributed by atoms with Crippen molar-refractivity contribution in [1.29, 1.82) is 0 Å². The molecule has 1 aromatic carbocycles. The van der Waals surface area contributed by atoms with Crippen molar-refractivity contribution in [3.63, 3.8) is 0 Å². The summed E-state index contributed by atoms with van der Waals surface area (Å²) in [6.07, 6.45) is 0. The first-order valence-electron chi connectivity index (χ1n) is 8.16. The second-order valence-corrected chi connectivity index (χ2v) is 4.92. The van der Waals surface area contributed by atoms with E-state index in [0.717, 1.165) is 17.9 Å². The van der Waals surface area contributed by atoms with E-state index >= 15 is 0 Å². The molecule has 2 rings (SSSR count). The molecule has 1 heterocycles. The van der Waals surface area contributed by atoms with Gasteiger partial charge in [-0.15, -0.1) is 0 Å². The highest BCUT2D eigenvalue weighted by molar-refractivity contribution is 5.20. The van der Waals surface area contributed by atoms with Crippen LogP contribution in [0, 0.1) is 20.8 Å². The molecule has 0 amide bonds. The van der Waals surface area contributed by atoms with Gasteiger partial charge in [0.25, 0.3) is 0 Å². The standard InChI is InChI=1S/C10H15N.C5H8N2.2C2H6/c1-9-4-6-10(7-5-9)8-11(2)3;1-4-3-5(2)7-6-4;2*1-2/h4-7H,8H2,1-3H3;3H,1-2H3,(H,6,7);2*1-2H3. The molecule has 1 N–H and O–H groups in total. The summed E-state index contributed by atoms with van der Waals surface area (Å²) >= 11 is 0. The Morgan fingerprint density at radius 3 is 1.68 bits per heavy atom.